The van der Waals surface area contributed by atoms with Gasteiger partial charge in [0.15, 0.2) is 11.5 Å². The van der Waals surface area contributed by atoms with Gasteiger partial charge in [-0.1, -0.05) is 24.3 Å². The van der Waals surface area contributed by atoms with Gasteiger partial charge in [-0.05, 0) is 30.7 Å². The molecule has 0 aliphatic heterocycles. The lowest BCUT2D eigenvalue weighted by Crippen LogP contribution is -2.01. The smallest absolute Gasteiger partial charge is 0.161 e. The molecule has 2 rings (SSSR count). The zero-order valence-corrected chi connectivity index (χ0v) is 12.6. The summed E-state index contributed by atoms with van der Waals surface area (Å²) in [6.45, 7) is 2.79. The van der Waals surface area contributed by atoms with Crippen molar-refractivity contribution in [1.82, 2.24) is 0 Å². The molecular formula is C17H16ClNO2. The van der Waals surface area contributed by atoms with Crippen molar-refractivity contribution in [3.05, 3.63) is 59.2 Å². The van der Waals surface area contributed by atoms with Gasteiger partial charge in [-0.3, -0.25) is 0 Å². The average Bonchev–Trinajstić information content (AvgIpc) is 2.54. The minimum absolute atomic E-state index is 0.323. The second-order valence-corrected chi connectivity index (χ2v) is 4.67. The van der Waals surface area contributed by atoms with Crippen molar-refractivity contribution in [2.45, 2.75) is 19.4 Å². The molecule has 0 spiro atoms. The fraction of sp³-hybridized carbons (Fsp3) is 0.235. The van der Waals surface area contributed by atoms with E-state index in [0.717, 1.165) is 11.1 Å². The van der Waals surface area contributed by atoms with Crippen molar-refractivity contribution >= 4 is 11.6 Å². The topological polar surface area (TPSA) is 42.2 Å². The summed E-state index contributed by atoms with van der Waals surface area (Å²) in [7, 11) is 0. The third kappa shape index (κ3) is 3.90. The van der Waals surface area contributed by atoms with Gasteiger partial charge in [-0.2, -0.15) is 5.26 Å². The highest BCUT2D eigenvalue weighted by Gasteiger charge is 2.08. The third-order valence-corrected chi connectivity index (χ3v) is 3.29. The van der Waals surface area contributed by atoms with Crippen molar-refractivity contribution in [1.29, 1.82) is 5.26 Å². The van der Waals surface area contributed by atoms with E-state index in [9.17, 15) is 0 Å². The van der Waals surface area contributed by atoms with Gasteiger partial charge in [0, 0.05) is 11.4 Å². The quantitative estimate of drug-likeness (QED) is 0.748. The lowest BCUT2D eigenvalue weighted by Gasteiger charge is -2.13. The summed E-state index contributed by atoms with van der Waals surface area (Å²) in [5, 5.41) is 9.08. The third-order valence-electron chi connectivity index (χ3n) is 2.98. The molecule has 0 saturated carbocycles. The second kappa shape index (κ2) is 7.56. The monoisotopic (exact) mass is 301 g/mol. The molecule has 0 N–H and O–H groups in total. The van der Waals surface area contributed by atoms with E-state index in [-0.39, 0.29) is 0 Å². The first-order valence-corrected chi connectivity index (χ1v) is 7.24. The van der Waals surface area contributed by atoms with Crippen LogP contribution in [-0.4, -0.2) is 6.61 Å². The van der Waals surface area contributed by atoms with Crippen LogP contribution in [0.2, 0.25) is 0 Å². The number of hydrogen-bond donors (Lipinski definition) is 0. The molecule has 0 aliphatic rings. The summed E-state index contributed by atoms with van der Waals surface area (Å²) in [6, 6.07) is 15.2. The van der Waals surface area contributed by atoms with Crippen molar-refractivity contribution in [3.63, 3.8) is 0 Å². The number of ether oxygens (including phenoxy) is 2. The Morgan fingerprint density at radius 3 is 2.62 bits per heavy atom. The summed E-state index contributed by atoms with van der Waals surface area (Å²) in [5.41, 5.74) is 2.45. The van der Waals surface area contributed by atoms with Crippen LogP contribution in [0.15, 0.2) is 42.5 Å². The van der Waals surface area contributed by atoms with Gasteiger partial charge in [0.1, 0.15) is 6.61 Å². The molecule has 3 nitrogen and oxygen atoms in total. The first-order valence-electron chi connectivity index (χ1n) is 6.71. The zero-order valence-electron chi connectivity index (χ0n) is 11.8. The second-order valence-electron chi connectivity index (χ2n) is 4.41. The lowest BCUT2D eigenvalue weighted by atomic mass is 10.1. The Kier molecular flexibility index (Phi) is 5.48. The Labute approximate surface area is 129 Å². The van der Waals surface area contributed by atoms with E-state index in [1.165, 1.54) is 0 Å². The van der Waals surface area contributed by atoms with Crippen LogP contribution >= 0.6 is 11.6 Å². The molecule has 4 heteroatoms. The summed E-state index contributed by atoms with van der Waals surface area (Å²) in [4.78, 5) is 0. The van der Waals surface area contributed by atoms with E-state index in [1.807, 2.05) is 43.3 Å². The van der Waals surface area contributed by atoms with Crippen molar-refractivity contribution in [3.8, 4) is 17.6 Å². The Morgan fingerprint density at radius 1 is 1.10 bits per heavy atom. The normalized spacial score (nSPS) is 9.95. The number of nitrogens with zero attached hydrogens (tertiary/aromatic N) is 1. The molecule has 0 radical (unpaired) electrons. The molecule has 108 valence electrons. The fourth-order valence-electron chi connectivity index (χ4n) is 1.93. The van der Waals surface area contributed by atoms with Gasteiger partial charge in [-0.25, -0.2) is 0 Å². The van der Waals surface area contributed by atoms with Crippen molar-refractivity contribution in [2.75, 3.05) is 6.61 Å². The molecule has 0 aromatic heterocycles. The highest BCUT2D eigenvalue weighted by Crippen LogP contribution is 2.30. The molecule has 21 heavy (non-hydrogen) atoms. The van der Waals surface area contributed by atoms with Crippen LogP contribution in [0.3, 0.4) is 0 Å². The number of alkyl halides is 1. The van der Waals surface area contributed by atoms with Crippen molar-refractivity contribution < 1.29 is 9.47 Å². The van der Waals surface area contributed by atoms with Crippen LogP contribution in [0.1, 0.15) is 23.6 Å². The summed E-state index contributed by atoms with van der Waals surface area (Å²) in [5.74, 6) is 1.75. The van der Waals surface area contributed by atoms with E-state index >= 15 is 0 Å². The first-order chi connectivity index (χ1) is 10.3. The van der Waals surface area contributed by atoms with E-state index in [1.54, 1.807) is 6.07 Å². The molecule has 2 aromatic rings. The zero-order chi connectivity index (χ0) is 15.1. The van der Waals surface area contributed by atoms with E-state index in [4.69, 9.17) is 26.3 Å². The van der Waals surface area contributed by atoms with Gasteiger partial charge in [0.25, 0.3) is 0 Å². The maximum atomic E-state index is 9.08. The largest absolute Gasteiger partial charge is 0.490 e. The minimum atomic E-state index is 0.323. The molecular weight excluding hydrogens is 286 g/mol. The molecule has 0 bridgehead atoms. The SMILES string of the molecule is CCOc1cc(CCl)ccc1OCc1ccccc1C#N. The standard InChI is InChI=1S/C17H16ClNO2/c1-2-20-17-9-13(10-18)7-8-16(17)21-12-15-6-4-3-5-14(15)11-19/h3-9H,2,10,12H2,1H3. The number of benzene rings is 2. The van der Waals surface area contributed by atoms with Crippen LogP contribution in [0.5, 0.6) is 11.5 Å². The number of nitriles is 1. The van der Waals surface area contributed by atoms with Gasteiger partial charge < -0.3 is 9.47 Å². The highest BCUT2D eigenvalue weighted by molar-refractivity contribution is 6.17. The molecule has 0 heterocycles. The van der Waals surface area contributed by atoms with Gasteiger partial charge in [0.05, 0.1) is 18.2 Å². The summed E-state index contributed by atoms with van der Waals surface area (Å²) >= 11 is 5.83. The predicted molar refractivity (Wildman–Crippen MR) is 82.7 cm³/mol. The van der Waals surface area contributed by atoms with E-state index in [0.29, 0.717) is 36.2 Å². The predicted octanol–water partition coefficient (Wildman–Crippen LogP) is 4.27. The van der Waals surface area contributed by atoms with E-state index < -0.39 is 0 Å². The Balaban J connectivity index is 2.17. The van der Waals surface area contributed by atoms with E-state index in [2.05, 4.69) is 6.07 Å². The lowest BCUT2D eigenvalue weighted by molar-refractivity contribution is 0.269. The Bertz CT molecular complexity index is 649. The molecule has 0 aliphatic carbocycles. The average molecular weight is 302 g/mol. The van der Waals surface area contributed by atoms with Crippen LogP contribution in [0.4, 0.5) is 0 Å². The Morgan fingerprint density at radius 2 is 1.90 bits per heavy atom. The number of rotatable bonds is 6. The molecule has 0 unspecified atom stereocenters. The summed E-state index contributed by atoms with van der Waals surface area (Å²) < 4.78 is 11.4. The number of hydrogen-bond acceptors (Lipinski definition) is 3. The molecule has 0 fully saturated rings. The Hall–Kier alpha value is -2.18. The van der Waals surface area contributed by atoms with Gasteiger partial charge in [-0.15, -0.1) is 11.6 Å². The molecule has 0 amide bonds. The summed E-state index contributed by atoms with van der Waals surface area (Å²) in [6.07, 6.45) is 0. The van der Waals surface area contributed by atoms with Crippen LogP contribution in [0.25, 0.3) is 0 Å². The highest BCUT2D eigenvalue weighted by atomic mass is 35.5. The molecule has 2 aromatic carbocycles. The fourth-order valence-corrected chi connectivity index (χ4v) is 2.10. The van der Waals surface area contributed by atoms with Crippen LogP contribution in [-0.2, 0) is 12.5 Å². The maximum Gasteiger partial charge on any atom is 0.161 e. The molecule has 0 atom stereocenters. The van der Waals surface area contributed by atoms with Gasteiger partial charge >= 0.3 is 0 Å². The maximum absolute atomic E-state index is 9.08. The van der Waals surface area contributed by atoms with Crippen LogP contribution in [0, 0.1) is 11.3 Å². The minimum Gasteiger partial charge on any atom is -0.490 e. The van der Waals surface area contributed by atoms with Crippen molar-refractivity contribution in [2.24, 2.45) is 0 Å². The molecule has 0 saturated heterocycles. The van der Waals surface area contributed by atoms with Gasteiger partial charge in [0.2, 0.25) is 0 Å². The number of halogens is 1. The van der Waals surface area contributed by atoms with Crippen LogP contribution < -0.4 is 9.47 Å². The first kappa shape index (κ1) is 15.2.